The molecule has 31 heavy (non-hydrogen) atoms. The van der Waals surface area contributed by atoms with Crippen molar-refractivity contribution in [3.05, 3.63) is 52.6 Å². The van der Waals surface area contributed by atoms with E-state index in [4.69, 9.17) is 25.8 Å². The van der Waals surface area contributed by atoms with Crippen molar-refractivity contribution in [3.8, 4) is 17.2 Å². The fraction of sp³-hybridized carbons (Fsp3) is 0.304. The van der Waals surface area contributed by atoms with Crippen molar-refractivity contribution in [2.24, 2.45) is 0 Å². The molecule has 0 bridgehead atoms. The lowest BCUT2D eigenvalue weighted by atomic mass is 10.1. The van der Waals surface area contributed by atoms with Gasteiger partial charge >= 0.3 is 0 Å². The molecule has 1 N–H and O–H groups in total. The molecule has 2 aromatic rings. The minimum Gasteiger partial charge on any atom is -0.493 e. The third-order valence-electron chi connectivity index (χ3n) is 5.14. The monoisotopic (exact) mass is 442 g/mol. The first-order valence-corrected chi connectivity index (χ1v) is 10.5. The molecule has 0 spiro atoms. The number of benzene rings is 2. The van der Waals surface area contributed by atoms with E-state index < -0.39 is 0 Å². The van der Waals surface area contributed by atoms with Gasteiger partial charge in [-0.1, -0.05) is 11.6 Å². The van der Waals surface area contributed by atoms with Crippen LogP contribution in [0.2, 0.25) is 5.02 Å². The fourth-order valence-corrected chi connectivity index (χ4v) is 3.80. The lowest BCUT2D eigenvalue weighted by Gasteiger charge is -2.21. The van der Waals surface area contributed by atoms with Gasteiger partial charge in [-0.25, -0.2) is 0 Å². The zero-order chi connectivity index (χ0) is 21.8. The van der Waals surface area contributed by atoms with Crippen LogP contribution in [0.15, 0.2) is 36.4 Å². The molecule has 0 aromatic heterocycles. The number of hydrogen-bond donors (Lipinski definition) is 1. The van der Waals surface area contributed by atoms with Crippen molar-refractivity contribution in [1.82, 2.24) is 4.90 Å². The lowest BCUT2D eigenvalue weighted by molar-refractivity contribution is -0.111. The predicted octanol–water partition coefficient (Wildman–Crippen LogP) is 4.01. The molecule has 162 valence electrons. The normalized spacial score (nSPS) is 15.2. The SMILES string of the molecule is COc1cc(C=CC(=O)Nc2ccc(Cl)cc2C(=O)N2CCCC2)cc2c1OCCO2. The summed E-state index contributed by atoms with van der Waals surface area (Å²) in [7, 11) is 1.55. The maximum Gasteiger partial charge on any atom is 0.256 e. The number of hydrogen-bond acceptors (Lipinski definition) is 5. The topological polar surface area (TPSA) is 77.1 Å². The quantitative estimate of drug-likeness (QED) is 0.708. The minimum absolute atomic E-state index is 0.129. The Hall–Kier alpha value is -3.19. The first-order chi connectivity index (χ1) is 15.0. The van der Waals surface area contributed by atoms with E-state index in [1.165, 1.54) is 6.08 Å². The molecule has 2 amide bonds. The Balaban J connectivity index is 1.52. The van der Waals surface area contributed by atoms with Crippen LogP contribution in [0, 0.1) is 0 Å². The van der Waals surface area contributed by atoms with Crippen LogP contribution in [0.5, 0.6) is 17.2 Å². The fourth-order valence-electron chi connectivity index (χ4n) is 3.63. The number of rotatable bonds is 5. The Bertz CT molecular complexity index is 1010. The Morgan fingerprint density at radius 1 is 1.13 bits per heavy atom. The molecule has 2 aliphatic rings. The summed E-state index contributed by atoms with van der Waals surface area (Å²) < 4.78 is 16.6. The van der Waals surface area contributed by atoms with Crippen molar-refractivity contribution < 1.29 is 23.8 Å². The van der Waals surface area contributed by atoms with E-state index in [2.05, 4.69) is 5.32 Å². The van der Waals surface area contributed by atoms with Crippen LogP contribution in [-0.4, -0.2) is 50.1 Å². The van der Waals surface area contributed by atoms with Crippen molar-refractivity contribution in [2.45, 2.75) is 12.8 Å². The molecule has 2 aromatic carbocycles. The van der Waals surface area contributed by atoms with Crippen molar-refractivity contribution in [3.63, 3.8) is 0 Å². The number of carbonyl (C=O) groups excluding carboxylic acids is 2. The number of nitrogens with one attached hydrogen (secondary N) is 1. The Labute approximate surface area is 185 Å². The van der Waals surface area contributed by atoms with Crippen LogP contribution < -0.4 is 19.5 Å². The number of carbonyl (C=O) groups is 2. The van der Waals surface area contributed by atoms with Gasteiger partial charge in [0.25, 0.3) is 5.91 Å². The van der Waals surface area contributed by atoms with Gasteiger partial charge in [0.15, 0.2) is 11.5 Å². The summed E-state index contributed by atoms with van der Waals surface area (Å²) in [5.74, 6) is 1.17. The standard InChI is InChI=1S/C23H23ClN2O5/c1-29-19-12-15(13-20-22(19)31-11-10-30-20)4-7-21(27)25-18-6-5-16(24)14-17(18)23(28)26-8-2-3-9-26/h4-7,12-14H,2-3,8-11H2,1H3,(H,25,27). The van der Waals surface area contributed by atoms with E-state index in [9.17, 15) is 9.59 Å². The predicted molar refractivity (Wildman–Crippen MR) is 118 cm³/mol. The molecular weight excluding hydrogens is 420 g/mol. The first kappa shape index (κ1) is 21.1. The van der Waals surface area contributed by atoms with Crippen LogP contribution in [0.1, 0.15) is 28.8 Å². The number of amides is 2. The molecule has 8 heteroatoms. The molecule has 0 radical (unpaired) electrons. The number of fused-ring (bicyclic) bond motifs is 1. The second-order valence-corrected chi connectivity index (χ2v) is 7.70. The molecule has 1 fully saturated rings. The highest BCUT2D eigenvalue weighted by Crippen LogP contribution is 2.40. The van der Waals surface area contributed by atoms with Gasteiger partial charge in [0.2, 0.25) is 11.7 Å². The van der Waals surface area contributed by atoms with Crippen LogP contribution in [0.25, 0.3) is 6.08 Å². The Morgan fingerprint density at radius 2 is 1.90 bits per heavy atom. The van der Waals surface area contributed by atoms with E-state index in [-0.39, 0.29) is 11.8 Å². The van der Waals surface area contributed by atoms with Gasteiger partial charge in [0.1, 0.15) is 13.2 Å². The summed E-state index contributed by atoms with van der Waals surface area (Å²) in [4.78, 5) is 27.2. The van der Waals surface area contributed by atoms with Gasteiger partial charge in [-0.15, -0.1) is 0 Å². The van der Waals surface area contributed by atoms with E-state index in [0.717, 1.165) is 18.4 Å². The first-order valence-electron chi connectivity index (χ1n) is 10.1. The van der Waals surface area contributed by atoms with E-state index in [1.807, 2.05) is 0 Å². The van der Waals surface area contributed by atoms with Crippen LogP contribution in [0.4, 0.5) is 5.69 Å². The summed E-state index contributed by atoms with van der Waals surface area (Å²) in [6.45, 7) is 2.34. The van der Waals surface area contributed by atoms with Crippen molar-refractivity contribution in [2.75, 3.05) is 38.7 Å². The van der Waals surface area contributed by atoms with E-state index in [1.54, 1.807) is 48.4 Å². The maximum atomic E-state index is 12.8. The molecule has 0 unspecified atom stereocenters. The van der Waals surface area contributed by atoms with Crippen LogP contribution in [-0.2, 0) is 4.79 Å². The van der Waals surface area contributed by atoms with Crippen LogP contribution in [0.3, 0.4) is 0 Å². The number of halogens is 1. The number of anilines is 1. The van der Waals surface area contributed by atoms with E-state index in [0.29, 0.717) is 59.8 Å². The zero-order valence-electron chi connectivity index (χ0n) is 17.2. The largest absolute Gasteiger partial charge is 0.493 e. The second-order valence-electron chi connectivity index (χ2n) is 7.26. The average Bonchev–Trinajstić information content (AvgIpc) is 3.33. The summed E-state index contributed by atoms with van der Waals surface area (Å²) in [5.41, 5.74) is 1.54. The van der Waals surface area contributed by atoms with Gasteiger partial charge in [-0.3, -0.25) is 9.59 Å². The maximum absolute atomic E-state index is 12.8. The molecule has 0 aliphatic carbocycles. The summed E-state index contributed by atoms with van der Waals surface area (Å²) in [5, 5.41) is 3.23. The average molecular weight is 443 g/mol. The number of ether oxygens (including phenoxy) is 3. The summed E-state index contributed by atoms with van der Waals surface area (Å²) >= 11 is 6.10. The number of nitrogens with zero attached hydrogens (tertiary/aromatic N) is 1. The molecular formula is C23H23ClN2O5. The zero-order valence-corrected chi connectivity index (χ0v) is 17.9. The second kappa shape index (κ2) is 9.31. The van der Waals surface area contributed by atoms with Crippen LogP contribution >= 0.6 is 11.6 Å². The van der Waals surface area contributed by atoms with Gasteiger partial charge in [0, 0.05) is 24.2 Å². The Kier molecular flexibility index (Phi) is 6.32. The lowest BCUT2D eigenvalue weighted by Crippen LogP contribution is -2.28. The summed E-state index contributed by atoms with van der Waals surface area (Å²) in [6, 6.07) is 8.43. The van der Waals surface area contributed by atoms with E-state index >= 15 is 0 Å². The number of likely N-dealkylation sites (tertiary alicyclic amines) is 1. The van der Waals surface area contributed by atoms with Gasteiger partial charge in [-0.05, 0) is 54.8 Å². The molecule has 4 rings (SSSR count). The molecule has 2 heterocycles. The highest BCUT2D eigenvalue weighted by Gasteiger charge is 2.23. The van der Waals surface area contributed by atoms with Crippen molar-refractivity contribution >= 4 is 35.2 Å². The smallest absolute Gasteiger partial charge is 0.256 e. The molecule has 1 saturated heterocycles. The van der Waals surface area contributed by atoms with Gasteiger partial charge in [0.05, 0.1) is 18.4 Å². The minimum atomic E-state index is -0.369. The number of methoxy groups -OCH3 is 1. The third kappa shape index (κ3) is 4.77. The molecule has 7 nitrogen and oxygen atoms in total. The Morgan fingerprint density at radius 3 is 2.68 bits per heavy atom. The molecule has 0 saturated carbocycles. The highest BCUT2D eigenvalue weighted by molar-refractivity contribution is 6.31. The van der Waals surface area contributed by atoms with Gasteiger partial charge < -0.3 is 24.4 Å². The summed E-state index contributed by atoms with van der Waals surface area (Å²) in [6.07, 6.45) is 5.00. The molecule has 0 atom stereocenters. The molecule has 2 aliphatic heterocycles. The van der Waals surface area contributed by atoms with Crippen molar-refractivity contribution in [1.29, 1.82) is 0 Å². The third-order valence-corrected chi connectivity index (χ3v) is 5.38. The highest BCUT2D eigenvalue weighted by atomic mass is 35.5. The van der Waals surface area contributed by atoms with Gasteiger partial charge in [-0.2, -0.15) is 0 Å².